The van der Waals surface area contributed by atoms with Crippen LogP contribution in [0.25, 0.3) is 0 Å². The molecule has 0 unspecified atom stereocenters. The van der Waals surface area contributed by atoms with Gasteiger partial charge in [0.1, 0.15) is 5.03 Å². The van der Waals surface area contributed by atoms with Crippen LogP contribution in [0.2, 0.25) is 0 Å². The highest BCUT2D eigenvalue weighted by Gasteiger charge is 2.28. The van der Waals surface area contributed by atoms with Gasteiger partial charge in [-0.2, -0.15) is 0 Å². The fourth-order valence-corrected chi connectivity index (χ4v) is 4.14. The molecule has 0 atom stereocenters. The average Bonchev–Trinajstić information content (AvgIpc) is 2.78. The molecule has 0 saturated carbocycles. The van der Waals surface area contributed by atoms with Gasteiger partial charge in [-0.25, -0.2) is 4.98 Å². The standard InChI is InChI=1S/C20H23N3O2S/c1-4-12-23-16-10-9-14(19(24)22(5-2)6-3)13-17(16)26-18-15(20(23)25)8-7-11-21-18/h7-11,13H,4-6,12H2,1-3H3. The van der Waals surface area contributed by atoms with Crippen LogP contribution in [-0.2, 0) is 0 Å². The molecule has 1 aromatic heterocycles. The molecule has 0 radical (unpaired) electrons. The van der Waals surface area contributed by atoms with Gasteiger partial charge in [0.15, 0.2) is 0 Å². The summed E-state index contributed by atoms with van der Waals surface area (Å²) in [6.07, 6.45) is 2.55. The highest BCUT2D eigenvalue weighted by Crippen LogP contribution is 2.41. The van der Waals surface area contributed by atoms with Gasteiger partial charge in [-0.1, -0.05) is 18.7 Å². The Kier molecular flexibility index (Phi) is 5.61. The summed E-state index contributed by atoms with van der Waals surface area (Å²) >= 11 is 1.45. The van der Waals surface area contributed by atoms with E-state index in [2.05, 4.69) is 4.98 Å². The van der Waals surface area contributed by atoms with Crippen molar-refractivity contribution in [2.24, 2.45) is 0 Å². The van der Waals surface area contributed by atoms with Crippen LogP contribution in [0, 0.1) is 0 Å². The second-order valence-corrected chi connectivity index (χ2v) is 7.11. The van der Waals surface area contributed by atoms with E-state index in [-0.39, 0.29) is 11.8 Å². The summed E-state index contributed by atoms with van der Waals surface area (Å²) in [5, 5.41) is 0.685. The molecule has 0 N–H and O–H groups in total. The van der Waals surface area contributed by atoms with E-state index >= 15 is 0 Å². The van der Waals surface area contributed by atoms with Crippen molar-refractivity contribution in [3.63, 3.8) is 0 Å². The number of anilines is 1. The van der Waals surface area contributed by atoms with Crippen LogP contribution >= 0.6 is 11.8 Å². The Morgan fingerprint density at radius 2 is 1.96 bits per heavy atom. The zero-order valence-electron chi connectivity index (χ0n) is 15.4. The number of fused-ring (bicyclic) bond motifs is 2. The van der Waals surface area contributed by atoms with E-state index < -0.39 is 0 Å². The average molecular weight is 369 g/mol. The molecule has 26 heavy (non-hydrogen) atoms. The van der Waals surface area contributed by atoms with Crippen molar-refractivity contribution in [3.05, 3.63) is 47.7 Å². The third-order valence-electron chi connectivity index (χ3n) is 4.45. The molecule has 0 fully saturated rings. The number of amides is 2. The lowest BCUT2D eigenvalue weighted by Crippen LogP contribution is -2.32. The van der Waals surface area contributed by atoms with Crippen LogP contribution in [0.5, 0.6) is 0 Å². The summed E-state index contributed by atoms with van der Waals surface area (Å²) in [7, 11) is 0. The quantitative estimate of drug-likeness (QED) is 0.797. The second-order valence-electron chi connectivity index (χ2n) is 6.07. The summed E-state index contributed by atoms with van der Waals surface area (Å²) < 4.78 is 0. The molecule has 0 aliphatic carbocycles. The van der Waals surface area contributed by atoms with E-state index in [1.165, 1.54) is 11.8 Å². The van der Waals surface area contributed by atoms with Crippen molar-refractivity contribution < 1.29 is 9.59 Å². The minimum atomic E-state index is -0.0379. The fourth-order valence-electron chi connectivity index (χ4n) is 3.08. The molecule has 0 bridgehead atoms. The Bertz CT molecular complexity index is 834. The first-order valence-corrected chi connectivity index (χ1v) is 9.80. The van der Waals surface area contributed by atoms with E-state index in [1.54, 1.807) is 22.1 Å². The maximum absolute atomic E-state index is 13.0. The molecule has 3 rings (SSSR count). The summed E-state index contributed by atoms with van der Waals surface area (Å²) in [6, 6.07) is 9.19. The lowest BCUT2D eigenvalue weighted by Gasteiger charge is -2.23. The van der Waals surface area contributed by atoms with E-state index in [1.807, 2.05) is 45.0 Å². The van der Waals surface area contributed by atoms with Gasteiger partial charge in [0.2, 0.25) is 0 Å². The van der Waals surface area contributed by atoms with E-state index in [4.69, 9.17) is 0 Å². The van der Waals surface area contributed by atoms with E-state index in [0.717, 1.165) is 17.0 Å². The highest BCUT2D eigenvalue weighted by atomic mass is 32.2. The summed E-state index contributed by atoms with van der Waals surface area (Å²) in [5.41, 5.74) is 2.10. The molecule has 136 valence electrons. The zero-order valence-corrected chi connectivity index (χ0v) is 16.2. The molecule has 6 heteroatoms. The lowest BCUT2D eigenvalue weighted by atomic mass is 10.1. The first-order valence-electron chi connectivity index (χ1n) is 8.98. The van der Waals surface area contributed by atoms with Gasteiger partial charge in [0.05, 0.1) is 11.3 Å². The first-order chi connectivity index (χ1) is 12.6. The van der Waals surface area contributed by atoms with Crippen LogP contribution in [-0.4, -0.2) is 41.3 Å². The number of pyridine rings is 1. The van der Waals surface area contributed by atoms with Crippen molar-refractivity contribution in [2.75, 3.05) is 24.5 Å². The van der Waals surface area contributed by atoms with Crippen molar-refractivity contribution in [1.82, 2.24) is 9.88 Å². The van der Waals surface area contributed by atoms with Gasteiger partial charge in [-0.05, 0) is 50.6 Å². The Labute approximate surface area is 158 Å². The molecule has 1 aliphatic rings. The van der Waals surface area contributed by atoms with Gasteiger partial charge < -0.3 is 9.80 Å². The monoisotopic (exact) mass is 369 g/mol. The van der Waals surface area contributed by atoms with Crippen molar-refractivity contribution in [1.29, 1.82) is 0 Å². The predicted molar refractivity (Wildman–Crippen MR) is 104 cm³/mol. The van der Waals surface area contributed by atoms with Crippen molar-refractivity contribution in [2.45, 2.75) is 37.1 Å². The Morgan fingerprint density at radius 1 is 1.19 bits per heavy atom. The maximum Gasteiger partial charge on any atom is 0.261 e. The first kappa shape index (κ1) is 18.5. The highest BCUT2D eigenvalue weighted by molar-refractivity contribution is 7.99. The minimum Gasteiger partial charge on any atom is -0.339 e. The summed E-state index contributed by atoms with van der Waals surface area (Å²) in [4.78, 5) is 34.6. The summed E-state index contributed by atoms with van der Waals surface area (Å²) in [5.74, 6) is -0.0266. The largest absolute Gasteiger partial charge is 0.339 e. The third kappa shape index (κ3) is 3.33. The number of hydrogen-bond donors (Lipinski definition) is 0. The number of hydrogen-bond acceptors (Lipinski definition) is 4. The molecule has 0 saturated heterocycles. The van der Waals surface area contributed by atoms with Crippen LogP contribution in [0.3, 0.4) is 0 Å². The minimum absolute atomic E-state index is 0.0114. The van der Waals surface area contributed by atoms with Gasteiger partial charge in [0, 0.05) is 36.3 Å². The number of nitrogens with zero attached hydrogens (tertiary/aromatic N) is 3. The molecule has 2 heterocycles. The van der Waals surface area contributed by atoms with Crippen LogP contribution in [0.4, 0.5) is 5.69 Å². The topological polar surface area (TPSA) is 53.5 Å². The Morgan fingerprint density at radius 3 is 2.65 bits per heavy atom. The Balaban J connectivity index is 2.09. The smallest absolute Gasteiger partial charge is 0.261 e. The molecule has 2 aromatic rings. The third-order valence-corrected chi connectivity index (χ3v) is 5.51. The molecular weight excluding hydrogens is 346 g/mol. The lowest BCUT2D eigenvalue weighted by molar-refractivity contribution is 0.0772. The van der Waals surface area contributed by atoms with Crippen molar-refractivity contribution >= 4 is 29.3 Å². The number of carbonyl (C=O) groups excluding carboxylic acids is 2. The SMILES string of the molecule is CCCN1C(=O)c2cccnc2Sc2cc(C(=O)N(CC)CC)ccc21. The van der Waals surface area contributed by atoms with E-state index in [0.29, 0.717) is 35.8 Å². The van der Waals surface area contributed by atoms with Gasteiger partial charge >= 0.3 is 0 Å². The van der Waals surface area contributed by atoms with Gasteiger partial charge in [-0.15, -0.1) is 0 Å². The van der Waals surface area contributed by atoms with E-state index in [9.17, 15) is 9.59 Å². The summed E-state index contributed by atoms with van der Waals surface area (Å²) in [6.45, 7) is 7.97. The van der Waals surface area contributed by atoms with Crippen molar-refractivity contribution in [3.8, 4) is 0 Å². The van der Waals surface area contributed by atoms with Gasteiger partial charge in [0.25, 0.3) is 11.8 Å². The van der Waals surface area contributed by atoms with Gasteiger partial charge in [-0.3, -0.25) is 9.59 Å². The maximum atomic E-state index is 13.0. The zero-order chi connectivity index (χ0) is 18.7. The van der Waals surface area contributed by atoms with Crippen LogP contribution < -0.4 is 4.90 Å². The molecule has 0 spiro atoms. The van der Waals surface area contributed by atoms with Crippen LogP contribution in [0.1, 0.15) is 47.9 Å². The second kappa shape index (κ2) is 7.91. The molecule has 1 aliphatic heterocycles. The molecule has 2 amide bonds. The predicted octanol–water partition coefficient (Wildman–Crippen LogP) is 4.09. The van der Waals surface area contributed by atoms with Crippen LogP contribution in [0.15, 0.2) is 46.5 Å². The number of carbonyl (C=O) groups is 2. The fraction of sp³-hybridized carbons (Fsp3) is 0.350. The Hall–Kier alpha value is -2.34. The normalized spacial score (nSPS) is 13.0. The number of aromatic nitrogens is 1. The number of rotatable bonds is 5. The molecule has 1 aromatic carbocycles. The molecular formula is C20H23N3O2S. The number of benzene rings is 1. The molecule has 5 nitrogen and oxygen atoms in total.